The Balaban J connectivity index is -0.000000375. The zero-order chi connectivity index (χ0) is 16.0. The van der Waals surface area contributed by atoms with E-state index >= 15 is 0 Å². The maximum Gasteiger partial charge on any atom is 0.162 e. The molecule has 0 aliphatic carbocycles. The minimum Gasteiger partial charge on any atom is -0.294 e. The lowest BCUT2D eigenvalue weighted by Gasteiger charge is -2.07. The molecule has 0 atom stereocenters. The summed E-state index contributed by atoms with van der Waals surface area (Å²) in [5.74, 6) is 0.237. The van der Waals surface area contributed by atoms with Crippen molar-refractivity contribution in [3.63, 3.8) is 0 Å². The monoisotopic (exact) mass is 264 g/mol. The van der Waals surface area contributed by atoms with Crippen molar-refractivity contribution in [3.8, 4) is 0 Å². The first-order valence-electron chi connectivity index (χ1n) is 7.17. The number of ketones is 1. The molecule has 0 radical (unpaired) electrons. The van der Waals surface area contributed by atoms with Crippen LogP contribution in [0.4, 0.5) is 0 Å². The number of rotatable bonds is 2. The van der Waals surface area contributed by atoms with Gasteiger partial charge in [0.15, 0.2) is 5.78 Å². The fourth-order valence-electron chi connectivity index (χ4n) is 1.45. The molecular formula is C18H32O. The van der Waals surface area contributed by atoms with E-state index in [9.17, 15) is 4.79 Å². The molecule has 0 heterocycles. The summed E-state index contributed by atoms with van der Waals surface area (Å²) >= 11 is 0. The summed E-state index contributed by atoms with van der Waals surface area (Å²) in [6.07, 6.45) is 0.587. The first-order valence-corrected chi connectivity index (χ1v) is 7.17. The largest absolute Gasteiger partial charge is 0.294 e. The molecule has 19 heavy (non-hydrogen) atoms. The van der Waals surface area contributed by atoms with Crippen molar-refractivity contribution in [2.24, 2.45) is 0 Å². The van der Waals surface area contributed by atoms with E-state index in [1.807, 2.05) is 54.5 Å². The molecule has 0 spiro atoms. The Hall–Kier alpha value is -1.37. The van der Waals surface area contributed by atoms with Gasteiger partial charge in [0.1, 0.15) is 0 Å². The molecule has 110 valence electrons. The van der Waals surface area contributed by atoms with Crippen molar-refractivity contribution >= 4 is 5.78 Å². The van der Waals surface area contributed by atoms with Crippen molar-refractivity contribution in [2.45, 2.75) is 61.8 Å². The third-order valence-corrected chi connectivity index (χ3v) is 2.46. The summed E-state index contributed by atoms with van der Waals surface area (Å²) in [5.41, 5.74) is 4.42. The summed E-state index contributed by atoms with van der Waals surface area (Å²) in [6.45, 7) is 22.0. The summed E-state index contributed by atoms with van der Waals surface area (Å²) < 4.78 is 0. The van der Waals surface area contributed by atoms with Gasteiger partial charge in [0.05, 0.1) is 0 Å². The van der Waals surface area contributed by atoms with E-state index in [-0.39, 0.29) is 5.78 Å². The van der Waals surface area contributed by atoms with Gasteiger partial charge in [0.25, 0.3) is 0 Å². The fraction of sp³-hybridized carbons (Fsp3) is 0.500. The Morgan fingerprint density at radius 1 is 0.895 bits per heavy atom. The van der Waals surface area contributed by atoms with Crippen LogP contribution in [0.3, 0.4) is 0 Å². The highest BCUT2D eigenvalue weighted by Gasteiger charge is 2.07. The van der Waals surface area contributed by atoms with Gasteiger partial charge < -0.3 is 0 Å². The molecule has 1 aromatic rings. The normalized spacial score (nSPS) is 7.79. The van der Waals surface area contributed by atoms with Crippen LogP contribution in [-0.2, 0) is 0 Å². The van der Waals surface area contributed by atoms with Gasteiger partial charge >= 0.3 is 0 Å². The molecule has 1 heteroatoms. The van der Waals surface area contributed by atoms with Crippen LogP contribution in [0.1, 0.15) is 68.1 Å². The first-order chi connectivity index (χ1) is 9.06. The average Bonchev–Trinajstić information content (AvgIpc) is 2.48. The summed E-state index contributed by atoms with van der Waals surface area (Å²) in [7, 11) is 0. The number of aryl methyl sites for hydroxylation is 3. The van der Waals surface area contributed by atoms with E-state index in [0.717, 1.165) is 11.1 Å². The van der Waals surface area contributed by atoms with Crippen LogP contribution in [0.25, 0.3) is 0 Å². The number of carbonyl (C=O) groups is 1. The molecule has 0 aliphatic heterocycles. The molecule has 1 rings (SSSR count). The van der Waals surface area contributed by atoms with Crippen LogP contribution < -0.4 is 0 Å². The highest BCUT2D eigenvalue weighted by atomic mass is 16.1. The summed E-state index contributed by atoms with van der Waals surface area (Å²) in [5, 5.41) is 0. The van der Waals surface area contributed by atoms with Crippen LogP contribution in [0.15, 0.2) is 25.3 Å². The SMILES string of the molecule is C=C.CC.CC.CCC(=O)c1cc(C)c(C)cc1C. The first kappa shape index (κ1) is 22.8. The number of hydrogen-bond donors (Lipinski definition) is 0. The number of hydrogen-bond acceptors (Lipinski definition) is 1. The lowest BCUT2D eigenvalue weighted by molar-refractivity contribution is 0.0987. The minimum atomic E-state index is 0.237. The second-order valence-electron chi connectivity index (χ2n) is 3.53. The van der Waals surface area contributed by atoms with E-state index in [0.29, 0.717) is 6.42 Å². The summed E-state index contributed by atoms with van der Waals surface area (Å²) in [4.78, 5) is 11.5. The van der Waals surface area contributed by atoms with Crippen molar-refractivity contribution in [1.29, 1.82) is 0 Å². The number of benzene rings is 1. The molecular weight excluding hydrogens is 232 g/mol. The number of carbonyl (C=O) groups excluding carboxylic acids is 1. The van der Waals surface area contributed by atoms with Crippen LogP contribution in [0.5, 0.6) is 0 Å². The zero-order valence-electron chi connectivity index (χ0n) is 14.2. The fourth-order valence-corrected chi connectivity index (χ4v) is 1.45. The third kappa shape index (κ3) is 8.36. The molecule has 0 aromatic heterocycles. The Labute approximate surface area is 120 Å². The van der Waals surface area contributed by atoms with Gasteiger partial charge in [-0.3, -0.25) is 4.79 Å². The van der Waals surface area contributed by atoms with Gasteiger partial charge in [-0.2, -0.15) is 0 Å². The molecule has 1 nitrogen and oxygen atoms in total. The van der Waals surface area contributed by atoms with Gasteiger partial charge in [-0.1, -0.05) is 40.7 Å². The van der Waals surface area contributed by atoms with Crippen molar-refractivity contribution in [2.75, 3.05) is 0 Å². The lowest BCUT2D eigenvalue weighted by Crippen LogP contribution is -2.01. The quantitative estimate of drug-likeness (QED) is 0.469. The predicted octanol–water partition coefficient (Wildman–Crippen LogP) is 6.06. The van der Waals surface area contributed by atoms with Crippen molar-refractivity contribution in [3.05, 3.63) is 47.5 Å². The van der Waals surface area contributed by atoms with Gasteiger partial charge in [-0.25, -0.2) is 0 Å². The van der Waals surface area contributed by atoms with E-state index in [4.69, 9.17) is 0 Å². The Kier molecular flexibility index (Phi) is 17.6. The molecule has 0 saturated carbocycles. The van der Waals surface area contributed by atoms with Crippen LogP contribution in [0.2, 0.25) is 0 Å². The molecule has 0 N–H and O–H groups in total. The Morgan fingerprint density at radius 2 is 1.26 bits per heavy atom. The maximum absolute atomic E-state index is 11.5. The molecule has 0 unspecified atom stereocenters. The van der Waals surface area contributed by atoms with Gasteiger partial charge in [0, 0.05) is 12.0 Å². The van der Waals surface area contributed by atoms with E-state index in [2.05, 4.69) is 26.1 Å². The lowest BCUT2D eigenvalue weighted by atomic mass is 9.97. The zero-order valence-corrected chi connectivity index (χ0v) is 14.2. The van der Waals surface area contributed by atoms with Gasteiger partial charge in [-0.05, 0) is 43.5 Å². The topological polar surface area (TPSA) is 17.1 Å². The molecule has 0 bridgehead atoms. The van der Waals surface area contributed by atoms with Gasteiger partial charge in [0.2, 0.25) is 0 Å². The average molecular weight is 264 g/mol. The van der Waals surface area contributed by atoms with E-state index < -0.39 is 0 Å². The molecule has 1 aromatic carbocycles. The van der Waals surface area contributed by atoms with Crippen molar-refractivity contribution in [1.82, 2.24) is 0 Å². The predicted molar refractivity (Wildman–Crippen MR) is 89.2 cm³/mol. The number of Topliss-reactive ketones (excluding diaryl/α,β-unsaturated/α-hetero) is 1. The highest BCUT2D eigenvalue weighted by molar-refractivity contribution is 5.97. The molecule has 0 aliphatic rings. The van der Waals surface area contributed by atoms with Gasteiger partial charge in [-0.15, -0.1) is 13.2 Å². The second-order valence-corrected chi connectivity index (χ2v) is 3.53. The molecule has 0 saturated heterocycles. The second kappa shape index (κ2) is 14.7. The van der Waals surface area contributed by atoms with Crippen LogP contribution in [-0.4, -0.2) is 5.78 Å². The standard InChI is InChI=1S/C12H16O.2C2H6.C2H4/c1-5-12(13)11-7-9(3)8(2)6-10(11)4;3*1-2/h6-7H,5H2,1-4H3;2*1-2H3;1-2H2. The smallest absolute Gasteiger partial charge is 0.162 e. The van der Waals surface area contributed by atoms with E-state index in [1.165, 1.54) is 11.1 Å². The maximum atomic E-state index is 11.5. The van der Waals surface area contributed by atoms with Crippen LogP contribution >= 0.6 is 0 Å². The van der Waals surface area contributed by atoms with Crippen molar-refractivity contribution < 1.29 is 4.79 Å². The summed E-state index contributed by atoms with van der Waals surface area (Å²) in [6, 6.07) is 4.08. The third-order valence-electron chi connectivity index (χ3n) is 2.46. The Bertz CT molecular complexity index is 351. The molecule has 0 fully saturated rings. The highest BCUT2D eigenvalue weighted by Crippen LogP contribution is 2.16. The van der Waals surface area contributed by atoms with E-state index in [1.54, 1.807) is 0 Å². The Morgan fingerprint density at radius 3 is 1.63 bits per heavy atom. The minimum absolute atomic E-state index is 0.237. The molecule has 0 amide bonds. The van der Waals surface area contributed by atoms with Crippen LogP contribution in [0, 0.1) is 20.8 Å².